The summed E-state index contributed by atoms with van der Waals surface area (Å²) in [7, 11) is 0. The van der Waals surface area contributed by atoms with Crippen LogP contribution >= 0.6 is 11.6 Å². The van der Waals surface area contributed by atoms with Gasteiger partial charge < -0.3 is 10.1 Å². The van der Waals surface area contributed by atoms with Crippen LogP contribution in [0.3, 0.4) is 0 Å². The third kappa shape index (κ3) is 4.67. The summed E-state index contributed by atoms with van der Waals surface area (Å²) in [5, 5.41) is 2.46. The van der Waals surface area contributed by atoms with Gasteiger partial charge in [0.15, 0.2) is 0 Å². The molecule has 0 radical (unpaired) electrons. The van der Waals surface area contributed by atoms with Crippen molar-refractivity contribution in [3.05, 3.63) is 29.8 Å². The van der Waals surface area contributed by atoms with E-state index in [1.807, 2.05) is 0 Å². The Morgan fingerprint density at radius 2 is 2.05 bits per heavy atom. The zero-order chi connectivity index (χ0) is 14.6. The molecule has 0 spiro atoms. The Morgan fingerprint density at radius 1 is 1.42 bits per heavy atom. The standard InChI is InChI=1S/C13H16ClF2NO2/c1-8(14)13(2,3)17-11(18)9-5-4-6-10(7-9)19-12(15)16/h4-8,12H,1-3H3,(H,17,18). The van der Waals surface area contributed by atoms with E-state index >= 15 is 0 Å². The average Bonchev–Trinajstić information content (AvgIpc) is 2.27. The summed E-state index contributed by atoms with van der Waals surface area (Å²) in [5.74, 6) is -0.448. The summed E-state index contributed by atoms with van der Waals surface area (Å²) >= 11 is 5.96. The fourth-order valence-corrected chi connectivity index (χ4v) is 1.33. The number of carbonyl (C=O) groups is 1. The molecule has 0 aliphatic rings. The number of carbonyl (C=O) groups excluding carboxylic acids is 1. The van der Waals surface area contributed by atoms with Crippen molar-refractivity contribution in [3.63, 3.8) is 0 Å². The van der Waals surface area contributed by atoms with Crippen molar-refractivity contribution in [2.75, 3.05) is 0 Å². The normalized spacial score (nSPS) is 13.2. The summed E-state index contributed by atoms with van der Waals surface area (Å²) in [6.07, 6.45) is 0. The van der Waals surface area contributed by atoms with Crippen LogP contribution in [0.15, 0.2) is 24.3 Å². The highest BCUT2D eigenvalue weighted by atomic mass is 35.5. The Kier molecular flexibility index (Phi) is 5.11. The van der Waals surface area contributed by atoms with Crippen molar-refractivity contribution in [2.24, 2.45) is 0 Å². The van der Waals surface area contributed by atoms with Gasteiger partial charge in [0.2, 0.25) is 0 Å². The first-order valence-electron chi connectivity index (χ1n) is 5.74. The zero-order valence-corrected chi connectivity index (χ0v) is 11.7. The molecule has 1 aromatic rings. The second-order valence-electron chi connectivity index (χ2n) is 4.70. The largest absolute Gasteiger partial charge is 0.435 e. The number of benzene rings is 1. The molecule has 1 rings (SSSR count). The lowest BCUT2D eigenvalue weighted by molar-refractivity contribution is -0.0498. The summed E-state index contributed by atoms with van der Waals surface area (Å²) < 4.78 is 28.4. The zero-order valence-electron chi connectivity index (χ0n) is 10.9. The van der Waals surface area contributed by atoms with Gasteiger partial charge >= 0.3 is 6.61 Å². The minimum Gasteiger partial charge on any atom is -0.435 e. The highest BCUT2D eigenvalue weighted by Crippen LogP contribution is 2.19. The van der Waals surface area contributed by atoms with Crippen LogP contribution in [0.2, 0.25) is 0 Å². The van der Waals surface area contributed by atoms with E-state index in [-0.39, 0.29) is 16.7 Å². The van der Waals surface area contributed by atoms with Crippen LogP contribution in [-0.2, 0) is 0 Å². The van der Waals surface area contributed by atoms with Gasteiger partial charge in [0.25, 0.3) is 5.91 Å². The molecule has 1 unspecified atom stereocenters. The monoisotopic (exact) mass is 291 g/mol. The molecular weight excluding hydrogens is 276 g/mol. The number of amides is 1. The average molecular weight is 292 g/mol. The maximum absolute atomic E-state index is 12.1. The fraction of sp³-hybridized carbons (Fsp3) is 0.462. The maximum Gasteiger partial charge on any atom is 0.387 e. The molecule has 0 aromatic heterocycles. The molecule has 106 valence electrons. The number of hydrogen-bond acceptors (Lipinski definition) is 2. The second kappa shape index (κ2) is 6.19. The molecule has 6 heteroatoms. The number of rotatable bonds is 5. The van der Waals surface area contributed by atoms with E-state index in [2.05, 4.69) is 10.1 Å². The molecule has 1 N–H and O–H groups in total. The maximum atomic E-state index is 12.1. The van der Waals surface area contributed by atoms with E-state index in [9.17, 15) is 13.6 Å². The molecule has 0 saturated heterocycles. The van der Waals surface area contributed by atoms with Crippen molar-refractivity contribution >= 4 is 17.5 Å². The SMILES string of the molecule is CC(Cl)C(C)(C)NC(=O)c1cccc(OC(F)F)c1. The van der Waals surface area contributed by atoms with Crippen molar-refractivity contribution in [1.82, 2.24) is 5.32 Å². The lowest BCUT2D eigenvalue weighted by Crippen LogP contribution is -2.49. The van der Waals surface area contributed by atoms with Gasteiger partial charge in [-0.3, -0.25) is 4.79 Å². The van der Waals surface area contributed by atoms with Crippen LogP contribution in [0.25, 0.3) is 0 Å². The second-order valence-corrected chi connectivity index (χ2v) is 5.35. The van der Waals surface area contributed by atoms with Crippen molar-refractivity contribution < 1.29 is 18.3 Å². The molecular formula is C13H16ClF2NO2. The number of hydrogen-bond donors (Lipinski definition) is 1. The number of nitrogens with one attached hydrogen (secondary N) is 1. The minimum atomic E-state index is -2.92. The predicted molar refractivity (Wildman–Crippen MR) is 69.9 cm³/mol. The Bertz CT molecular complexity index is 450. The summed E-state index contributed by atoms with van der Waals surface area (Å²) in [6.45, 7) is 2.40. The Labute approximate surface area is 115 Å². The van der Waals surface area contributed by atoms with Crippen molar-refractivity contribution in [3.8, 4) is 5.75 Å². The lowest BCUT2D eigenvalue weighted by Gasteiger charge is -2.29. The van der Waals surface area contributed by atoms with Gasteiger partial charge in [0.1, 0.15) is 5.75 Å². The summed E-state index contributed by atoms with van der Waals surface area (Å²) in [6, 6.07) is 5.61. The third-order valence-electron chi connectivity index (χ3n) is 2.75. The van der Waals surface area contributed by atoms with E-state index < -0.39 is 18.1 Å². The van der Waals surface area contributed by atoms with Gasteiger partial charge in [0, 0.05) is 5.56 Å². The Morgan fingerprint density at radius 3 is 2.58 bits per heavy atom. The van der Waals surface area contributed by atoms with Crippen LogP contribution < -0.4 is 10.1 Å². The number of halogens is 3. The molecule has 19 heavy (non-hydrogen) atoms. The van der Waals surface area contributed by atoms with Gasteiger partial charge in [-0.15, -0.1) is 11.6 Å². The molecule has 0 aliphatic heterocycles. The highest BCUT2D eigenvalue weighted by Gasteiger charge is 2.26. The van der Waals surface area contributed by atoms with Crippen LogP contribution in [-0.4, -0.2) is 23.4 Å². The predicted octanol–water partition coefficient (Wildman–Crippen LogP) is 3.42. The van der Waals surface area contributed by atoms with E-state index in [4.69, 9.17) is 11.6 Å². The quantitative estimate of drug-likeness (QED) is 0.844. The van der Waals surface area contributed by atoms with Crippen molar-refractivity contribution in [1.29, 1.82) is 0 Å². The first-order valence-corrected chi connectivity index (χ1v) is 6.17. The molecule has 3 nitrogen and oxygen atoms in total. The van der Waals surface area contributed by atoms with Crippen molar-refractivity contribution in [2.45, 2.75) is 38.3 Å². The van der Waals surface area contributed by atoms with E-state index in [0.717, 1.165) is 0 Å². The Balaban J connectivity index is 2.83. The molecule has 1 amide bonds. The van der Waals surface area contributed by atoms with Crippen LogP contribution in [0.4, 0.5) is 8.78 Å². The molecule has 1 atom stereocenters. The van der Waals surface area contributed by atoms with Crippen LogP contribution in [0.1, 0.15) is 31.1 Å². The van der Waals surface area contributed by atoms with Gasteiger partial charge in [-0.2, -0.15) is 8.78 Å². The van der Waals surface area contributed by atoms with E-state index in [1.54, 1.807) is 20.8 Å². The molecule has 0 bridgehead atoms. The Hall–Kier alpha value is -1.36. The molecule has 0 aliphatic carbocycles. The minimum absolute atomic E-state index is 0.0561. The summed E-state index contributed by atoms with van der Waals surface area (Å²) in [4.78, 5) is 12.0. The van der Waals surface area contributed by atoms with E-state index in [1.165, 1.54) is 24.3 Å². The first kappa shape index (κ1) is 15.7. The van der Waals surface area contributed by atoms with Gasteiger partial charge in [-0.25, -0.2) is 0 Å². The van der Waals surface area contributed by atoms with E-state index in [0.29, 0.717) is 0 Å². The van der Waals surface area contributed by atoms with Crippen LogP contribution in [0.5, 0.6) is 5.75 Å². The van der Waals surface area contributed by atoms with Gasteiger partial charge in [0.05, 0.1) is 10.9 Å². The molecule has 0 heterocycles. The third-order valence-corrected chi connectivity index (χ3v) is 3.30. The lowest BCUT2D eigenvalue weighted by atomic mass is 10.0. The molecule has 0 saturated carbocycles. The fourth-order valence-electron chi connectivity index (χ4n) is 1.28. The van der Waals surface area contributed by atoms with Gasteiger partial charge in [-0.05, 0) is 39.0 Å². The highest BCUT2D eigenvalue weighted by molar-refractivity contribution is 6.21. The summed E-state index contributed by atoms with van der Waals surface area (Å²) in [5.41, 5.74) is -0.373. The number of alkyl halides is 3. The number of ether oxygens (including phenoxy) is 1. The first-order chi connectivity index (χ1) is 8.72. The van der Waals surface area contributed by atoms with Gasteiger partial charge in [-0.1, -0.05) is 6.07 Å². The molecule has 0 fully saturated rings. The smallest absolute Gasteiger partial charge is 0.387 e. The van der Waals surface area contributed by atoms with Crippen LogP contribution in [0, 0.1) is 0 Å². The topological polar surface area (TPSA) is 38.3 Å². The molecule has 1 aromatic carbocycles.